The maximum absolute atomic E-state index is 12.6. The molecule has 5 nitrogen and oxygen atoms in total. The van der Waals surface area contributed by atoms with Gasteiger partial charge in [-0.2, -0.15) is 0 Å². The van der Waals surface area contributed by atoms with Gasteiger partial charge in [0.2, 0.25) is 0 Å². The van der Waals surface area contributed by atoms with Crippen LogP contribution in [0.2, 0.25) is 0 Å². The van der Waals surface area contributed by atoms with Crippen LogP contribution in [0.4, 0.5) is 11.4 Å². The third kappa shape index (κ3) is 4.19. The van der Waals surface area contributed by atoms with Crippen molar-refractivity contribution < 1.29 is 9.53 Å². The van der Waals surface area contributed by atoms with Gasteiger partial charge in [-0.25, -0.2) is 0 Å². The smallest absolute Gasteiger partial charge is 0.256 e. The van der Waals surface area contributed by atoms with Crippen LogP contribution < -0.4 is 15.0 Å². The second kappa shape index (κ2) is 8.10. The minimum absolute atomic E-state index is 0.164. The molecule has 3 rings (SSSR count). The Labute approximate surface area is 163 Å². The maximum Gasteiger partial charge on any atom is 0.256 e. The van der Waals surface area contributed by atoms with Gasteiger partial charge in [0.15, 0.2) is 0 Å². The van der Waals surface area contributed by atoms with Crippen LogP contribution in [0.5, 0.6) is 5.75 Å². The highest BCUT2D eigenvalue weighted by molar-refractivity contribution is 9.10. The fourth-order valence-corrected chi connectivity index (χ4v) is 3.57. The van der Waals surface area contributed by atoms with E-state index < -0.39 is 0 Å². The molecule has 1 heterocycles. The number of carbonyl (C=O) groups excluding carboxylic acids is 1. The Hall–Kier alpha value is -2.05. The number of hydrogen-bond donors (Lipinski definition) is 1. The Balaban J connectivity index is 1.74. The van der Waals surface area contributed by atoms with Crippen molar-refractivity contribution >= 4 is 33.2 Å². The highest BCUT2D eigenvalue weighted by Crippen LogP contribution is 2.27. The van der Waals surface area contributed by atoms with E-state index in [1.54, 1.807) is 13.2 Å². The molecule has 0 saturated carbocycles. The fourth-order valence-electron chi connectivity index (χ4n) is 3.14. The summed E-state index contributed by atoms with van der Waals surface area (Å²) in [6.45, 7) is 6.29. The highest BCUT2D eigenvalue weighted by atomic mass is 79.9. The molecule has 2 aromatic carbocycles. The number of nitrogens with zero attached hydrogens (tertiary/aromatic N) is 2. The first-order valence-electron chi connectivity index (χ1n) is 8.67. The van der Waals surface area contributed by atoms with Crippen molar-refractivity contribution in [2.45, 2.75) is 6.92 Å². The fraction of sp³-hybridized carbons (Fsp3) is 0.350. The van der Waals surface area contributed by atoms with Gasteiger partial charge in [0.1, 0.15) is 5.75 Å². The third-order valence-corrected chi connectivity index (χ3v) is 5.41. The van der Waals surface area contributed by atoms with E-state index in [4.69, 9.17) is 4.74 Å². The number of benzene rings is 2. The number of aryl methyl sites for hydroxylation is 1. The van der Waals surface area contributed by atoms with Gasteiger partial charge in [-0.3, -0.25) is 4.79 Å². The molecule has 1 amide bonds. The standard InChI is InChI=1S/C20H24BrN3O2/c1-14-12-15(4-7-19(14)24-10-8-23(2)9-11-24)22-20(25)17-13-16(26-3)5-6-18(17)21/h4-7,12-13H,8-11H2,1-3H3,(H,22,25). The largest absolute Gasteiger partial charge is 0.497 e. The molecule has 0 spiro atoms. The van der Waals surface area contributed by atoms with Crippen LogP contribution in [-0.4, -0.2) is 51.1 Å². The molecule has 0 aliphatic carbocycles. The highest BCUT2D eigenvalue weighted by Gasteiger charge is 2.17. The minimum atomic E-state index is -0.164. The molecule has 1 N–H and O–H groups in total. The number of nitrogens with one attached hydrogen (secondary N) is 1. The Bertz CT molecular complexity index is 802. The summed E-state index contributed by atoms with van der Waals surface area (Å²) in [5, 5.41) is 2.98. The van der Waals surface area contributed by atoms with Gasteiger partial charge in [0, 0.05) is 42.0 Å². The average Bonchev–Trinajstić information content (AvgIpc) is 2.63. The summed E-state index contributed by atoms with van der Waals surface area (Å²) in [7, 11) is 3.74. The molecule has 6 heteroatoms. The Morgan fingerprint density at radius 1 is 1.12 bits per heavy atom. The van der Waals surface area contributed by atoms with Crippen LogP contribution in [0.1, 0.15) is 15.9 Å². The number of rotatable bonds is 4. The predicted molar refractivity (Wildman–Crippen MR) is 110 cm³/mol. The zero-order valence-corrected chi connectivity index (χ0v) is 17.0. The van der Waals surface area contributed by atoms with Gasteiger partial charge in [-0.15, -0.1) is 0 Å². The number of piperazine rings is 1. The van der Waals surface area contributed by atoms with Crippen LogP contribution in [0.3, 0.4) is 0 Å². The van der Waals surface area contributed by atoms with Crippen LogP contribution >= 0.6 is 15.9 Å². The number of carbonyl (C=O) groups is 1. The Kier molecular flexibility index (Phi) is 5.84. The summed E-state index contributed by atoms with van der Waals surface area (Å²) >= 11 is 3.43. The molecule has 2 aromatic rings. The summed E-state index contributed by atoms with van der Waals surface area (Å²) in [4.78, 5) is 17.4. The molecule has 138 valence electrons. The van der Waals surface area contributed by atoms with Gasteiger partial charge in [0.05, 0.1) is 12.7 Å². The van der Waals surface area contributed by atoms with Crippen molar-refractivity contribution in [2.24, 2.45) is 0 Å². The van der Waals surface area contributed by atoms with Crippen molar-refractivity contribution in [3.05, 3.63) is 52.0 Å². The van der Waals surface area contributed by atoms with Crippen molar-refractivity contribution in [1.82, 2.24) is 4.90 Å². The summed E-state index contributed by atoms with van der Waals surface area (Å²) in [6, 6.07) is 11.4. The second-order valence-electron chi connectivity index (χ2n) is 6.59. The number of hydrogen-bond acceptors (Lipinski definition) is 4. The molecule has 0 aromatic heterocycles. The first-order valence-corrected chi connectivity index (χ1v) is 9.46. The SMILES string of the molecule is COc1ccc(Br)c(C(=O)Nc2ccc(N3CCN(C)CC3)c(C)c2)c1. The van der Waals surface area contributed by atoms with Crippen molar-refractivity contribution in [2.75, 3.05) is 50.6 Å². The summed E-state index contributed by atoms with van der Waals surface area (Å²) < 4.78 is 5.95. The summed E-state index contributed by atoms with van der Waals surface area (Å²) in [5.74, 6) is 0.488. The number of amides is 1. The van der Waals surface area contributed by atoms with Gasteiger partial charge >= 0.3 is 0 Å². The Morgan fingerprint density at radius 3 is 2.50 bits per heavy atom. The van der Waals surface area contributed by atoms with E-state index in [0.29, 0.717) is 11.3 Å². The maximum atomic E-state index is 12.6. The van der Waals surface area contributed by atoms with Gasteiger partial charge in [-0.1, -0.05) is 0 Å². The number of ether oxygens (including phenoxy) is 1. The van der Waals surface area contributed by atoms with Crippen LogP contribution in [0, 0.1) is 6.92 Å². The van der Waals surface area contributed by atoms with E-state index in [0.717, 1.165) is 41.9 Å². The molecule has 0 radical (unpaired) electrons. The molecular weight excluding hydrogens is 394 g/mol. The molecule has 0 atom stereocenters. The topological polar surface area (TPSA) is 44.8 Å². The average molecular weight is 418 g/mol. The monoisotopic (exact) mass is 417 g/mol. The van der Waals surface area contributed by atoms with Gasteiger partial charge in [-0.05, 0) is 71.9 Å². The van der Waals surface area contributed by atoms with Crippen molar-refractivity contribution in [3.63, 3.8) is 0 Å². The molecule has 1 aliphatic heterocycles. The zero-order valence-electron chi connectivity index (χ0n) is 15.4. The van der Waals surface area contributed by atoms with Gasteiger partial charge in [0.25, 0.3) is 5.91 Å². The lowest BCUT2D eigenvalue weighted by Gasteiger charge is -2.35. The van der Waals surface area contributed by atoms with E-state index in [1.165, 1.54) is 5.69 Å². The second-order valence-corrected chi connectivity index (χ2v) is 7.45. The zero-order chi connectivity index (χ0) is 18.7. The Morgan fingerprint density at radius 2 is 1.85 bits per heavy atom. The predicted octanol–water partition coefficient (Wildman–Crippen LogP) is 3.77. The van der Waals surface area contributed by atoms with E-state index in [9.17, 15) is 4.79 Å². The number of anilines is 2. The lowest BCUT2D eigenvalue weighted by atomic mass is 10.1. The van der Waals surface area contributed by atoms with E-state index in [2.05, 4.69) is 51.1 Å². The summed E-state index contributed by atoms with van der Waals surface area (Å²) in [6.07, 6.45) is 0. The molecule has 1 saturated heterocycles. The van der Waals surface area contributed by atoms with Crippen molar-refractivity contribution in [3.8, 4) is 5.75 Å². The molecular formula is C20H24BrN3O2. The molecule has 0 bridgehead atoms. The van der Waals surface area contributed by atoms with Crippen LogP contribution in [-0.2, 0) is 0 Å². The first kappa shape index (κ1) is 18.7. The van der Waals surface area contributed by atoms with E-state index in [1.807, 2.05) is 24.3 Å². The third-order valence-electron chi connectivity index (χ3n) is 4.72. The summed E-state index contributed by atoms with van der Waals surface area (Å²) in [5.41, 5.74) is 3.74. The number of likely N-dealkylation sites (N-methyl/N-ethyl adjacent to an activating group) is 1. The normalized spacial score (nSPS) is 15.0. The van der Waals surface area contributed by atoms with E-state index in [-0.39, 0.29) is 5.91 Å². The molecule has 1 fully saturated rings. The first-order chi connectivity index (χ1) is 12.5. The number of halogens is 1. The number of methoxy groups -OCH3 is 1. The lowest BCUT2D eigenvalue weighted by molar-refractivity contribution is 0.102. The molecule has 0 unspecified atom stereocenters. The lowest BCUT2D eigenvalue weighted by Crippen LogP contribution is -2.44. The van der Waals surface area contributed by atoms with Crippen molar-refractivity contribution in [1.29, 1.82) is 0 Å². The van der Waals surface area contributed by atoms with E-state index >= 15 is 0 Å². The minimum Gasteiger partial charge on any atom is -0.497 e. The quantitative estimate of drug-likeness (QED) is 0.821. The van der Waals surface area contributed by atoms with Crippen LogP contribution in [0.15, 0.2) is 40.9 Å². The van der Waals surface area contributed by atoms with Crippen LogP contribution in [0.25, 0.3) is 0 Å². The molecule has 1 aliphatic rings. The molecule has 26 heavy (non-hydrogen) atoms. The van der Waals surface area contributed by atoms with Gasteiger partial charge < -0.3 is 19.9 Å².